The molecular weight excluding hydrogens is 168 g/mol. The van der Waals surface area contributed by atoms with Crippen molar-refractivity contribution in [3.63, 3.8) is 0 Å². The molecule has 0 N–H and O–H groups in total. The molecule has 0 aliphatic heterocycles. The minimum absolute atomic E-state index is 0.671. The lowest BCUT2D eigenvalue weighted by Gasteiger charge is -1.99. The zero-order valence-corrected chi connectivity index (χ0v) is 10.6. The number of allylic oxidation sites excluding steroid dienone is 3. The summed E-state index contributed by atoms with van der Waals surface area (Å²) in [5.41, 5.74) is 0. The Kier molecular flexibility index (Phi) is 17.0. The summed E-state index contributed by atoms with van der Waals surface area (Å²) in [7, 11) is 0. The van der Waals surface area contributed by atoms with E-state index in [1.807, 2.05) is 6.08 Å². The summed E-state index contributed by atoms with van der Waals surface area (Å²) in [5.74, 6) is 0.671. The molecule has 0 spiro atoms. The van der Waals surface area contributed by atoms with Gasteiger partial charge >= 0.3 is 0 Å². The van der Waals surface area contributed by atoms with E-state index < -0.39 is 0 Å². The minimum Gasteiger partial charge on any atom is -0.103 e. The summed E-state index contributed by atoms with van der Waals surface area (Å²) in [6.45, 7) is 12.4. The summed E-state index contributed by atoms with van der Waals surface area (Å²) in [6.07, 6.45) is 12.8. The van der Waals surface area contributed by atoms with Crippen molar-refractivity contribution in [2.24, 2.45) is 5.92 Å². The van der Waals surface area contributed by atoms with Crippen LogP contribution in [0, 0.1) is 5.92 Å². The molecule has 0 heterocycles. The molecule has 14 heavy (non-hydrogen) atoms. The fourth-order valence-electron chi connectivity index (χ4n) is 0.992. The lowest BCUT2D eigenvalue weighted by atomic mass is 10.1. The Balaban J connectivity index is 0. The molecular formula is C14H28. The van der Waals surface area contributed by atoms with Gasteiger partial charge in [-0.1, -0.05) is 65.2 Å². The van der Waals surface area contributed by atoms with Crippen molar-refractivity contribution in [1.29, 1.82) is 0 Å². The van der Waals surface area contributed by atoms with Crippen molar-refractivity contribution >= 4 is 0 Å². The van der Waals surface area contributed by atoms with E-state index in [4.69, 9.17) is 0 Å². The van der Waals surface area contributed by atoms with E-state index in [9.17, 15) is 0 Å². The maximum Gasteiger partial charge on any atom is -0.0227 e. The van der Waals surface area contributed by atoms with E-state index in [-0.39, 0.29) is 0 Å². The average Bonchev–Trinajstić information content (AvgIpc) is 2.14. The Hall–Kier alpha value is -0.520. The van der Waals surface area contributed by atoms with Gasteiger partial charge < -0.3 is 0 Å². The van der Waals surface area contributed by atoms with Gasteiger partial charge in [0.25, 0.3) is 0 Å². The van der Waals surface area contributed by atoms with Crippen LogP contribution in [0.4, 0.5) is 0 Å². The molecule has 0 aromatic heterocycles. The topological polar surface area (TPSA) is 0 Å². The lowest BCUT2D eigenvalue weighted by molar-refractivity contribution is 0.733. The Morgan fingerprint density at radius 1 is 1.21 bits per heavy atom. The van der Waals surface area contributed by atoms with Gasteiger partial charge in [0, 0.05) is 0 Å². The summed E-state index contributed by atoms with van der Waals surface area (Å²) in [6, 6.07) is 0. The van der Waals surface area contributed by atoms with Crippen LogP contribution in [0.3, 0.4) is 0 Å². The Bertz CT molecular complexity index is 122. The smallest absolute Gasteiger partial charge is 0.0227 e. The van der Waals surface area contributed by atoms with Gasteiger partial charge in [-0.2, -0.15) is 0 Å². The van der Waals surface area contributed by atoms with E-state index >= 15 is 0 Å². The molecule has 0 aliphatic rings. The monoisotopic (exact) mass is 196 g/mol. The molecule has 0 saturated heterocycles. The van der Waals surface area contributed by atoms with Gasteiger partial charge in [0.1, 0.15) is 0 Å². The molecule has 0 amide bonds. The summed E-state index contributed by atoms with van der Waals surface area (Å²) in [4.78, 5) is 0. The maximum absolute atomic E-state index is 3.71. The van der Waals surface area contributed by atoms with Crippen LogP contribution in [-0.2, 0) is 0 Å². The van der Waals surface area contributed by atoms with Crippen LogP contribution in [0.25, 0.3) is 0 Å². The van der Waals surface area contributed by atoms with Gasteiger partial charge in [-0.3, -0.25) is 0 Å². The highest BCUT2D eigenvalue weighted by molar-refractivity contribution is 4.89. The first-order valence-electron chi connectivity index (χ1n) is 6.00. The summed E-state index contributed by atoms with van der Waals surface area (Å²) >= 11 is 0. The van der Waals surface area contributed by atoms with Gasteiger partial charge in [-0.15, -0.1) is 6.58 Å². The van der Waals surface area contributed by atoms with E-state index in [0.29, 0.717) is 5.92 Å². The molecule has 0 aromatic rings. The number of hydrogen-bond acceptors (Lipinski definition) is 0. The summed E-state index contributed by atoms with van der Waals surface area (Å²) in [5, 5.41) is 0. The highest BCUT2D eigenvalue weighted by Gasteiger charge is 1.90. The SMILES string of the molecule is C=CC[C@H](C)/C=C/CCCC.CCC. The van der Waals surface area contributed by atoms with Gasteiger partial charge in [0.05, 0.1) is 0 Å². The highest BCUT2D eigenvalue weighted by atomic mass is 14.0. The van der Waals surface area contributed by atoms with Crippen LogP contribution in [0.1, 0.15) is 59.8 Å². The van der Waals surface area contributed by atoms with Crippen LogP contribution in [-0.4, -0.2) is 0 Å². The second-order valence-electron chi connectivity index (χ2n) is 3.78. The van der Waals surface area contributed by atoms with Crippen molar-refractivity contribution in [2.75, 3.05) is 0 Å². The molecule has 1 atom stereocenters. The zero-order valence-electron chi connectivity index (χ0n) is 10.6. The van der Waals surface area contributed by atoms with E-state index in [0.717, 1.165) is 6.42 Å². The van der Waals surface area contributed by atoms with Crippen LogP contribution < -0.4 is 0 Å². The molecule has 0 aromatic carbocycles. The third-order valence-corrected chi connectivity index (χ3v) is 1.73. The molecule has 0 saturated carbocycles. The fraction of sp³-hybridized carbons (Fsp3) is 0.714. The van der Waals surface area contributed by atoms with Crippen molar-refractivity contribution in [2.45, 2.75) is 59.8 Å². The maximum atomic E-state index is 3.71. The average molecular weight is 196 g/mol. The summed E-state index contributed by atoms with van der Waals surface area (Å²) < 4.78 is 0. The van der Waals surface area contributed by atoms with E-state index in [1.165, 1.54) is 25.7 Å². The van der Waals surface area contributed by atoms with Gasteiger partial charge in [0.2, 0.25) is 0 Å². The first-order valence-corrected chi connectivity index (χ1v) is 6.00. The predicted molar refractivity (Wildman–Crippen MR) is 68.6 cm³/mol. The number of hydrogen-bond donors (Lipinski definition) is 0. The molecule has 0 radical (unpaired) electrons. The van der Waals surface area contributed by atoms with Crippen molar-refractivity contribution in [1.82, 2.24) is 0 Å². The largest absolute Gasteiger partial charge is 0.103 e. The molecule has 0 rings (SSSR count). The first kappa shape index (κ1) is 15.9. The molecule has 0 heteroatoms. The third kappa shape index (κ3) is 17.5. The van der Waals surface area contributed by atoms with Crippen LogP contribution in [0.2, 0.25) is 0 Å². The zero-order chi connectivity index (χ0) is 11.2. The van der Waals surface area contributed by atoms with Gasteiger partial charge in [0.15, 0.2) is 0 Å². The quantitative estimate of drug-likeness (QED) is 0.396. The molecule has 84 valence electrons. The Morgan fingerprint density at radius 2 is 1.79 bits per heavy atom. The van der Waals surface area contributed by atoms with Crippen molar-refractivity contribution in [3.8, 4) is 0 Å². The molecule has 0 unspecified atom stereocenters. The van der Waals surface area contributed by atoms with Crippen molar-refractivity contribution in [3.05, 3.63) is 24.8 Å². The van der Waals surface area contributed by atoms with Gasteiger partial charge in [-0.25, -0.2) is 0 Å². The van der Waals surface area contributed by atoms with Crippen LogP contribution in [0.15, 0.2) is 24.8 Å². The standard InChI is InChI=1S/C11H20.C3H8/c1-4-6-7-8-10-11(3)9-5-2;1-3-2/h5,8,10-11H,2,4,6-7,9H2,1,3H3;3H2,1-2H3/b10-8+;/t11-;/m0./s1. The minimum atomic E-state index is 0.671. The van der Waals surface area contributed by atoms with E-state index in [2.05, 4.69) is 46.4 Å². The molecule has 0 bridgehead atoms. The van der Waals surface area contributed by atoms with E-state index in [1.54, 1.807) is 0 Å². The number of unbranched alkanes of at least 4 members (excludes halogenated alkanes) is 2. The fourth-order valence-corrected chi connectivity index (χ4v) is 0.992. The Labute approximate surface area is 91.1 Å². The van der Waals surface area contributed by atoms with Crippen LogP contribution >= 0.6 is 0 Å². The molecule has 0 fully saturated rings. The normalized spacial score (nSPS) is 12.0. The van der Waals surface area contributed by atoms with Crippen LogP contribution in [0.5, 0.6) is 0 Å². The third-order valence-electron chi connectivity index (χ3n) is 1.73. The second kappa shape index (κ2) is 15.0. The van der Waals surface area contributed by atoms with Gasteiger partial charge in [-0.05, 0) is 18.8 Å². The first-order chi connectivity index (χ1) is 6.72. The number of rotatable bonds is 6. The Morgan fingerprint density at radius 3 is 2.21 bits per heavy atom. The predicted octanol–water partition coefficient (Wildman–Crippen LogP) is 5.36. The lowest BCUT2D eigenvalue weighted by Crippen LogP contribution is -1.84. The highest BCUT2D eigenvalue weighted by Crippen LogP contribution is 2.05. The van der Waals surface area contributed by atoms with Crippen molar-refractivity contribution < 1.29 is 0 Å². The molecule has 0 aliphatic carbocycles. The second-order valence-corrected chi connectivity index (χ2v) is 3.78. The molecule has 0 nitrogen and oxygen atoms in total.